The van der Waals surface area contributed by atoms with E-state index in [0.717, 1.165) is 33.4 Å². The van der Waals surface area contributed by atoms with Gasteiger partial charge in [0.05, 0.1) is 11.5 Å². The number of rotatable bonds is 10. The van der Waals surface area contributed by atoms with Crippen LogP contribution in [0.2, 0.25) is 0 Å². The summed E-state index contributed by atoms with van der Waals surface area (Å²) in [6.45, 7) is 0.964. The number of hydrogen-bond donors (Lipinski definition) is 0. The van der Waals surface area contributed by atoms with Gasteiger partial charge in [-0.3, -0.25) is 13.8 Å². The fourth-order valence-electron chi connectivity index (χ4n) is 4.70. The molecule has 4 aromatic rings. The average Bonchev–Trinajstić information content (AvgIpc) is 3.29. The van der Waals surface area contributed by atoms with Crippen LogP contribution < -0.4 is 0 Å². The molecule has 0 saturated carbocycles. The first-order valence-electron chi connectivity index (χ1n) is 12.8. The molecule has 0 bridgehead atoms. The molecular weight excluding hydrogens is 528 g/mol. The highest BCUT2D eigenvalue weighted by Gasteiger charge is 2.35. The molecule has 1 aliphatic rings. The Morgan fingerprint density at radius 2 is 1.27 bits per heavy atom. The maximum absolute atomic E-state index is 13.3. The number of esters is 2. The van der Waals surface area contributed by atoms with Crippen LogP contribution >= 0.6 is 0 Å². The normalized spacial score (nSPS) is 13.2. The minimum absolute atomic E-state index is 0.0277. The molecule has 1 atom stereocenters. The lowest BCUT2D eigenvalue weighted by Gasteiger charge is -2.18. The van der Waals surface area contributed by atoms with Gasteiger partial charge >= 0.3 is 11.9 Å². The first kappa shape index (κ1) is 27.3. The van der Waals surface area contributed by atoms with Crippen LogP contribution in [0.4, 0.5) is 0 Å². The van der Waals surface area contributed by atoms with Crippen molar-refractivity contribution in [1.29, 1.82) is 0 Å². The van der Waals surface area contributed by atoms with Gasteiger partial charge < -0.3 is 9.47 Å². The molecule has 0 fully saturated rings. The van der Waals surface area contributed by atoms with E-state index in [2.05, 4.69) is 0 Å². The molecule has 0 N–H and O–H groups in total. The van der Waals surface area contributed by atoms with Crippen molar-refractivity contribution in [3.05, 3.63) is 125 Å². The van der Waals surface area contributed by atoms with Crippen LogP contribution in [-0.2, 0) is 40.0 Å². The molecular formula is C32H28O7S. The van der Waals surface area contributed by atoms with Crippen molar-refractivity contribution in [2.45, 2.75) is 24.3 Å². The fraction of sp³-hybridized carbons (Fsp3) is 0.188. The summed E-state index contributed by atoms with van der Waals surface area (Å²) in [5, 5.41) is 0. The molecule has 7 nitrogen and oxygen atoms in total. The van der Waals surface area contributed by atoms with Crippen molar-refractivity contribution < 1.29 is 31.7 Å². The van der Waals surface area contributed by atoms with Crippen LogP contribution in [0, 0.1) is 12.8 Å². The summed E-state index contributed by atoms with van der Waals surface area (Å²) < 4.78 is 41.8. The molecule has 204 valence electrons. The lowest BCUT2D eigenvalue weighted by molar-refractivity contribution is -0.164. The Bertz CT molecular complexity index is 1570. The highest BCUT2D eigenvalue weighted by atomic mass is 32.2. The maximum Gasteiger partial charge on any atom is 0.323 e. The molecule has 1 aliphatic carbocycles. The van der Waals surface area contributed by atoms with Gasteiger partial charge in [-0.25, -0.2) is 0 Å². The number of carbonyl (C=O) groups excluding carboxylic acids is 2. The largest absolute Gasteiger partial charge is 0.464 e. The molecule has 0 aromatic heterocycles. The van der Waals surface area contributed by atoms with E-state index in [0.29, 0.717) is 0 Å². The van der Waals surface area contributed by atoms with Crippen LogP contribution in [0.25, 0.3) is 11.1 Å². The Balaban J connectivity index is 1.32. The van der Waals surface area contributed by atoms with E-state index in [4.69, 9.17) is 13.7 Å². The second-order valence-corrected chi connectivity index (χ2v) is 11.2. The Labute approximate surface area is 233 Å². The Morgan fingerprint density at radius 1 is 0.725 bits per heavy atom. The number of benzene rings is 4. The van der Waals surface area contributed by atoms with Crippen molar-refractivity contribution in [2.75, 3.05) is 13.2 Å². The van der Waals surface area contributed by atoms with Gasteiger partial charge in [0.1, 0.15) is 13.2 Å². The molecule has 0 aliphatic heterocycles. The smallest absolute Gasteiger partial charge is 0.323 e. The average molecular weight is 557 g/mol. The van der Waals surface area contributed by atoms with Gasteiger partial charge in [-0.2, -0.15) is 8.42 Å². The summed E-state index contributed by atoms with van der Waals surface area (Å²) in [7, 11) is -4.23. The number of aryl methyl sites for hydroxylation is 1. The van der Waals surface area contributed by atoms with Gasteiger partial charge in [0, 0.05) is 5.92 Å². The van der Waals surface area contributed by atoms with Crippen LogP contribution in [0.3, 0.4) is 0 Å². The van der Waals surface area contributed by atoms with Gasteiger partial charge in [0.25, 0.3) is 10.1 Å². The van der Waals surface area contributed by atoms with Gasteiger partial charge in [0.2, 0.25) is 0 Å². The van der Waals surface area contributed by atoms with E-state index >= 15 is 0 Å². The van der Waals surface area contributed by atoms with E-state index in [1.165, 1.54) is 12.1 Å². The van der Waals surface area contributed by atoms with Crippen molar-refractivity contribution >= 4 is 22.1 Å². The summed E-state index contributed by atoms with van der Waals surface area (Å²) in [4.78, 5) is 26.2. The standard InChI is InChI=1S/C32H28O7S/c1-22-15-17-24(18-16-22)40(35,36)39-21-30(31(33)37-19-23-9-3-2-4-10-23)32(34)38-20-29-27-13-7-5-11-25(27)26-12-6-8-14-28(26)29/h2-18,29-30H,19-21H2,1H3. The first-order valence-corrected chi connectivity index (χ1v) is 14.3. The second-order valence-electron chi connectivity index (χ2n) is 9.55. The maximum atomic E-state index is 13.3. The summed E-state index contributed by atoms with van der Waals surface area (Å²) in [6, 6.07) is 30.8. The number of ether oxygens (including phenoxy) is 2. The molecule has 5 rings (SSSR count). The zero-order valence-corrected chi connectivity index (χ0v) is 22.7. The third kappa shape index (κ3) is 5.98. The summed E-state index contributed by atoms with van der Waals surface area (Å²) in [6.07, 6.45) is 0. The highest BCUT2D eigenvalue weighted by Crippen LogP contribution is 2.44. The quantitative estimate of drug-likeness (QED) is 0.146. The van der Waals surface area contributed by atoms with Crippen molar-refractivity contribution in [3.8, 4) is 11.1 Å². The molecule has 4 aromatic carbocycles. The van der Waals surface area contributed by atoms with Crippen LogP contribution in [0.1, 0.15) is 28.2 Å². The zero-order chi connectivity index (χ0) is 28.1. The number of fused-ring (bicyclic) bond motifs is 3. The van der Waals surface area contributed by atoms with Gasteiger partial charge in [-0.15, -0.1) is 0 Å². The van der Waals surface area contributed by atoms with E-state index in [-0.39, 0.29) is 24.0 Å². The highest BCUT2D eigenvalue weighted by molar-refractivity contribution is 7.86. The minimum Gasteiger partial charge on any atom is -0.464 e. The molecule has 0 spiro atoms. The van der Waals surface area contributed by atoms with Crippen LogP contribution in [-0.4, -0.2) is 33.6 Å². The predicted octanol–water partition coefficient (Wildman–Crippen LogP) is 5.42. The Kier molecular flexibility index (Phi) is 8.09. The van der Waals surface area contributed by atoms with Gasteiger partial charge in [-0.1, -0.05) is 96.6 Å². The summed E-state index contributed by atoms with van der Waals surface area (Å²) in [5.74, 6) is -3.68. The summed E-state index contributed by atoms with van der Waals surface area (Å²) >= 11 is 0. The summed E-state index contributed by atoms with van der Waals surface area (Å²) in [5.41, 5.74) is 5.74. The molecule has 0 saturated heterocycles. The van der Waals surface area contributed by atoms with Crippen molar-refractivity contribution in [2.24, 2.45) is 5.92 Å². The Hall–Kier alpha value is -4.27. The third-order valence-corrected chi connectivity index (χ3v) is 8.14. The van der Waals surface area contributed by atoms with E-state index in [1.807, 2.05) is 61.5 Å². The Morgan fingerprint density at radius 3 is 1.90 bits per heavy atom. The van der Waals surface area contributed by atoms with E-state index < -0.39 is 34.6 Å². The predicted molar refractivity (Wildman–Crippen MR) is 149 cm³/mol. The zero-order valence-electron chi connectivity index (χ0n) is 21.9. The lowest BCUT2D eigenvalue weighted by atomic mass is 9.98. The minimum atomic E-state index is -4.23. The second kappa shape index (κ2) is 11.9. The van der Waals surface area contributed by atoms with Crippen LogP contribution in [0.15, 0.2) is 108 Å². The first-order chi connectivity index (χ1) is 19.3. The number of hydrogen-bond acceptors (Lipinski definition) is 7. The molecule has 1 unspecified atom stereocenters. The fourth-order valence-corrected chi connectivity index (χ4v) is 5.62. The molecule has 0 amide bonds. The third-order valence-electron chi connectivity index (χ3n) is 6.85. The molecule has 0 heterocycles. The van der Waals surface area contributed by atoms with Gasteiger partial charge in [0.15, 0.2) is 5.92 Å². The molecule has 40 heavy (non-hydrogen) atoms. The van der Waals surface area contributed by atoms with Crippen molar-refractivity contribution in [1.82, 2.24) is 0 Å². The van der Waals surface area contributed by atoms with E-state index in [1.54, 1.807) is 36.4 Å². The van der Waals surface area contributed by atoms with Crippen LogP contribution in [0.5, 0.6) is 0 Å². The molecule has 0 radical (unpaired) electrons. The SMILES string of the molecule is Cc1ccc(S(=O)(=O)OCC(C(=O)OCc2ccccc2)C(=O)OCC2c3ccccc3-c3ccccc32)cc1. The monoisotopic (exact) mass is 556 g/mol. The van der Waals surface area contributed by atoms with Crippen molar-refractivity contribution in [3.63, 3.8) is 0 Å². The van der Waals surface area contributed by atoms with Gasteiger partial charge in [-0.05, 0) is 46.9 Å². The number of carbonyl (C=O) groups is 2. The molecule has 8 heteroatoms. The van der Waals surface area contributed by atoms with E-state index in [9.17, 15) is 18.0 Å². The lowest BCUT2D eigenvalue weighted by Crippen LogP contribution is -2.33. The topological polar surface area (TPSA) is 96.0 Å².